The van der Waals surface area contributed by atoms with Crippen LogP contribution in [0.2, 0.25) is 0 Å². The molecule has 162 valence electrons. The van der Waals surface area contributed by atoms with Gasteiger partial charge in [0, 0.05) is 31.7 Å². The summed E-state index contributed by atoms with van der Waals surface area (Å²) < 4.78 is 40.7. The molecule has 0 bridgehead atoms. The maximum absolute atomic E-state index is 13.2. The summed E-state index contributed by atoms with van der Waals surface area (Å²) in [5.74, 6) is -0.901. The van der Waals surface area contributed by atoms with E-state index < -0.39 is 15.8 Å². The van der Waals surface area contributed by atoms with Crippen LogP contribution >= 0.6 is 0 Å². The molecule has 1 aliphatic heterocycles. The van der Waals surface area contributed by atoms with E-state index in [9.17, 15) is 17.6 Å². The van der Waals surface area contributed by atoms with Crippen LogP contribution in [0, 0.1) is 5.82 Å². The Morgan fingerprint density at radius 2 is 1.87 bits per heavy atom. The Bertz CT molecular complexity index is 1160. The third kappa shape index (κ3) is 4.24. The van der Waals surface area contributed by atoms with Crippen molar-refractivity contribution in [2.45, 2.75) is 23.7 Å². The van der Waals surface area contributed by atoms with Crippen molar-refractivity contribution >= 4 is 21.6 Å². The first kappa shape index (κ1) is 21.2. The van der Waals surface area contributed by atoms with Crippen molar-refractivity contribution in [3.05, 3.63) is 77.9 Å². The third-order valence-corrected chi connectivity index (χ3v) is 7.47. The molecule has 1 aliphatic rings. The summed E-state index contributed by atoms with van der Waals surface area (Å²) in [6.07, 6.45) is 2.86. The molecule has 1 saturated heterocycles. The van der Waals surface area contributed by atoms with Gasteiger partial charge in [0.15, 0.2) is 0 Å². The Morgan fingerprint density at radius 3 is 2.58 bits per heavy atom. The summed E-state index contributed by atoms with van der Waals surface area (Å²) in [6.45, 7) is 0.592. The molecule has 4 rings (SSSR count). The molecule has 7 nitrogen and oxygen atoms in total. The van der Waals surface area contributed by atoms with Crippen LogP contribution < -0.4 is 4.90 Å². The van der Waals surface area contributed by atoms with Crippen molar-refractivity contribution in [1.82, 2.24) is 14.5 Å². The number of aromatic nitrogens is 2. The molecule has 0 radical (unpaired) electrons. The molecule has 1 fully saturated rings. The predicted octanol–water partition coefficient (Wildman–Crippen LogP) is 3.39. The first-order valence-corrected chi connectivity index (χ1v) is 11.4. The normalized spacial score (nSPS) is 17.4. The first-order valence-electron chi connectivity index (χ1n) is 10.00. The Kier molecular flexibility index (Phi) is 5.88. The fourth-order valence-corrected chi connectivity index (χ4v) is 5.40. The summed E-state index contributed by atoms with van der Waals surface area (Å²) in [6, 6.07) is 14.1. The number of nitrogens with zero attached hydrogens (tertiary/aromatic N) is 3. The van der Waals surface area contributed by atoms with Crippen molar-refractivity contribution in [1.29, 1.82) is 0 Å². The Labute approximate surface area is 180 Å². The van der Waals surface area contributed by atoms with Gasteiger partial charge in [-0.15, -0.1) is 0 Å². The summed E-state index contributed by atoms with van der Waals surface area (Å²) in [7, 11) is -2.06. The number of amides is 1. The average Bonchev–Trinajstić information content (AvgIpc) is 3.29. The van der Waals surface area contributed by atoms with Crippen LogP contribution in [-0.2, 0) is 10.0 Å². The zero-order valence-corrected chi connectivity index (χ0v) is 17.8. The van der Waals surface area contributed by atoms with E-state index in [-0.39, 0.29) is 23.3 Å². The minimum Gasteiger partial charge on any atom is -0.311 e. The van der Waals surface area contributed by atoms with Crippen LogP contribution in [0.15, 0.2) is 65.7 Å². The minimum absolute atomic E-state index is 0.0549. The second kappa shape index (κ2) is 8.60. The van der Waals surface area contributed by atoms with Crippen LogP contribution in [0.25, 0.3) is 0 Å². The zero-order valence-electron chi connectivity index (χ0n) is 17.0. The summed E-state index contributed by atoms with van der Waals surface area (Å²) in [4.78, 5) is 14.7. The van der Waals surface area contributed by atoms with Crippen molar-refractivity contribution in [3.8, 4) is 0 Å². The Balaban J connectivity index is 1.57. The number of hydrogen-bond donors (Lipinski definition) is 1. The van der Waals surface area contributed by atoms with Gasteiger partial charge in [-0.05, 0) is 49.2 Å². The van der Waals surface area contributed by atoms with Gasteiger partial charge in [-0.25, -0.2) is 12.8 Å². The maximum atomic E-state index is 13.2. The molecule has 2 aromatic carbocycles. The SMILES string of the molecule is CN(C(=O)c1cn[nH]c1[C@@H]1CCCN(S(=O)(=O)c2ccc(F)cc2)C1)c1ccccc1. The number of H-pyrrole nitrogens is 1. The number of sulfonamides is 1. The second-order valence-corrected chi connectivity index (χ2v) is 9.49. The molecule has 9 heteroatoms. The lowest BCUT2D eigenvalue weighted by Gasteiger charge is -2.32. The number of piperidine rings is 1. The van der Waals surface area contributed by atoms with Crippen LogP contribution in [-0.4, -0.2) is 49.0 Å². The third-order valence-electron chi connectivity index (χ3n) is 5.59. The molecular formula is C22H23FN4O3S. The largest absolute Gasteiger partial charge is 0.311 e. The molecule has 1 aromatic heterocycles. The van der Waals surface area contributed by atoms with Crippen LogP contribution in [0.1, 0.15) is 34.8 Å². The monoisotopic (exact) mass is 442 g/mol. The number of carbonyl (C=O) groups is 1. The number of anilines is 1. The standard InChI is InChI=1S/C22H23FN4O3S/c1-26(18-7-3-2-4-8-18)22(28)20-14-24-25-21(20)16-6-5-13-27(15-16)31(29,30)19-11-9-17(23)10-12-19/h2-4,7-12,14,16H,5-6,13,15H2,1H3,(H,24,25)/t16-/m1/s1. The van der Waals surface area contributed by atoms with Gasteiger partial charge in [0.25, 0.3) is 5.91 Å². The van der Waals surface area contributed by atoms with E-state index in [1.54, 1.807) is 11.9 Å². The summed E-state index contributed by atoms with van der Waals surface area (Å²) in [5, 5.41) is 6.98. The molecule has 2 heterocycles. The highest BCUT2D eigenvalue weighted by Gasteiger charge is 2.33. The van der Waals surface area contributed by atoms with E-state index in [0.29, 0.717) is 24.2 Å². The van der Waals surface area contributed by atoms with Crippen LogP contribution in [0.3, 0.4) is 0 Å². The highest BCUT2D eigenvalue weighted by atomic mass is 32.2. The number of carbonyl (C=O) groups excluding carboxylic acids is 1. The molecule has 3 aromatic rings. The van der Waals surface area contributed by atoms with Crippen molar-refractivity contribution in [3.63, 3.8) is 0 Å². The molecular weight excluding hydrogens is 419 g/mol. The summed E-state index contributed by atoms with van der Waals surface area (Å²) in [5.41, 5.74) is 1.81. The predicted molar refractivity (Wildman–Crippen MR) is 115 cm³/mol. The quantitative estimate of drug-likeness (QED) is 0.656. The number of aromatic amines is 1. The van der Waals surface area contributed by atoms with E-state index in [1.807, 2.05) is 30.3 Å². The molecule has 1 N–H and O–H groups in total. The number of halogens is 1. The van der Waals surface area contributed by atoms with Crippen molar-refractivity contribution in [2.24, 2.45) is 0 Å². The highest BCUT2D eigenvalue weighted by molar-refractivity contribution is 7.89. The van der Waals surface area contributed by atoms with Gasteiger partial charge in [0.2, 0.25) is 10.0 Å². The lowest BCUT2D eigenvalue weighted by Crippen LogP contribution is -2.39. The van der Waals surface area contributed by atoms with Gasteiger partial charge >= 0.3 is 0 Å². The zero-order chi connectivity index (χ0) is 22.0. The molecule has 31 heavy (non-hydrogen) atoms. The molecule has 0 spiro atoms. The fraction of sp³-hybridized carbons (Fsp3) is 0.273. The van der Waals surface area contributed by atoms with Gasteiger partial charge in [-0.3, -0.25) is 9.89 Å². The van der Waals surface area contributed by atoms with Crippen LogP contribution in [0.5, 0.6) is 0 Å². The lowest BCUT2D eigenvalue weighted by molar-refractivity contribution is 0.0991. The highest BCUT2D eigenvalue weighted by Crippen LogP contribution is 2.31. The van der Waals surface area contributed by atoms with Gasteiger partial charge in [0.05, 0.1) is 22.3 Å². The molecule has 0 aliphatic carbocycles. The van der Waals surface area contributed by atoms with Crippen molar-refractivity contribution < 1.29 is 17.6 Å². The molecule has 0 saturated carbocycles. The van der Waals surface area contributed by atoms with E-state index in [4.69, 9.17) is 0 Å². The van der Waals surface area contributed by atoms with E-state index >= 15 is 0 Å². The number of nitrogens with one attached hydrogen (secondary N) is 1. The van der Waals surface area contributed by atoms with Gasteiger partial charge < -0.3 is 4.90 Å². The molecule has 0 unspecified atom stereocenters. The lowest BCUT2D eigenvalue weighted by atomic mass is 9.93. The number of rotatable bonds is 5. The van der Waals surface area contributed by atoms with Gasteiger partial charge in [0.1, 0.15) is 5.82 Å². The minimum atomic E-state index is -3.76. The van der Waals surface area contributed by atoms with Gasteiger partial charge in [-0.2, -0.15) is 9.40 Å². The molecule has 1 amide bonds. The van der Waals surface area contributed by atoms with E-state index in [2.05, 4.69) is 10.2 Å². The Hall–Kier alpha value is -3.04. The second-order valence-electron chi connectivity index (χ2n) is 7.55. The maximum Gasteiger partial charge on any atom is 0.261 e. The average molecular weight is 443 g/mol. The van der Waals surface area contributed by atoms with E-state index in [1.165, 1.54) is 22.6 Å². The fourth-order valence-electron chi connectivity index (χ4n) is 3.88. The van der Waals surface area contributed by atoms with Crippen molar-refractivity contribution in [2.75, 3.05) is 25.0 Å². The van der Waals surface area contributed by atoms with Gasteiger partial charge in [-0.1, -0.05) is 18.2 Å². The summed E-state index contributed by atoms with van der Waals surface area (Å²) >= 11 is 0. The number of benzene rings is 2. The number of para-hydroxylation sites is 1. The Morgan fingerprint density at radius 1 is 1.16 bits per heavy atom. The topological polar surface area (TPSA) is 86.4 Å². The van der Waals surface area contributed by atoms with E-state index in [0.717, 1.165) is 24.2 Å². The number of hydrogen-bond acceptors (Lipinski definition) is 4. The van der Waals surface area contributed by atoms with Crippen LogP contribution in [0.4, 0.5) is 10.1 Å². The first-order chi connectivity index (χ1) is 14.9. The smallest absolute Gasteiger partial charge is 0.261 e. The molecule has 1 atom stereocenters.